The van der Waals surface area contributed by atoms with Crippen LogP contribution in [0.3, 0.4) is 0 Å². The van der Waals surface area contributed by atoms with Crippen molar-refractivity contribution in [2.75, 3.05) is 26.3 Å². The van der Waals surface area contributed by atoms with Crippen LogP contribution in [-0.4, -0.2) is 49.0 Å². The first kappa shape index (κ1) is 18.0. The van der Waals surface area contributed by atoms with Crippen molar-refractivity contribution in [3.63, 3.8) is 0 Å². The molecule has 1 aromatic carbocycles. The minimum absolute atomic E-state index is 0.256. The summed E-state index contributed by atoms with van der Waals surface area (Å²) in [5, 5.41) is 0.991. The van der Waals surface area contributed by atoms with E-state index >= 15 is 0 Å². The molecule has 1 fully saturated rings. The van der Waals surface area contributed by atoms with Gasteiger partial charge in [-0.2, -0.15) is 4.31 Å². The lowest BCUT2D eigenvalue weighted by atomic mass is 10.2. The lowest BCUT2D eigenvalue weighted by molar-refractivity contribution is 0.0730. The van der Waals surface area contributed by atoms with Crippen molar-refractivity contribution in [1.29, 1.82) is 0 Å². The van der Waals surface area contributed by atoms with Gasteiger partial charge in [-0.05, 0) is 49.1 Å². The molecule has 0 saturated carbocycles. The van der Waals surface area contributed by atoms with Crippen molar-refractivity contribution in [1.82, 2.24) is 14.3 Å². The third-order valence-electron chi connectivity index (χ3n) is 5.11. The molecule has 146 valence electrons. The molecule has 0 N–H and O–H groups in total. The summed E-state index contributed by atoms with van der Waals surface area (Å²) in [6, 6.07) is 6.51. The molecule has 5 rings (SSSR count). The molecule has 1 aliphatic heterocycles. The number of thiophene rings is 1. The average Bonchev–Trinajstić information content (AvgIpc) is 3.30. The minimum atomic E-state index is -3.51. The van der Waals surface area contributed by atoms with Crippen molar-refractivity contribution in [3.8, 4) is 11.6 Å². The van der Waals surface area contributed by atoms with E-state index in [9.17, 15) is 8.42 Å². The molecule has 2 aromatic heterocycles. The Morgan fingerprint density at radius 3 is 2.64 bits per heavy atom. The highest BCUT2D eigenvalue weighted by molar-refractivity contribution is 7.89. The Hall–Kier alpha value is -2.07. The molecule has 0 atom stereocenters. The zero-order valence-electron chi connectivity index (χ0n) is 15.1. The molecule has 1 aliphatic carbocycles. The molecule has 2 aliphatic rings. The molecule has 7 nitrogen and oxygen atoms in total. The number of hydrogen-bond acceptors (Lipinski definition) is 7. The Balaban J connectivity index is 1.42. The minimum Gasteiger partial charge on any atom is -0.438 e. The van der Waals surface area contributed by atoms with Crippen LogP contribution >= 0.6 is 11.3 Å². The molecular formula is C19H19N3O4S2. The van der Waals surface area contributed by atoms with Crippen LogP contribution < -0.4 is 4.74 Å². The summed E-state index contributed by atoms with van der Waals surface area (Å²) in [4.78, 5) is 11.3. The monoisotopic (exact) mass is 417 g/mol. The van der Waals surface area contributed by atoms with Crippen molar-refractivity contribution >= 4 is 31.6 Å². The SMILES string of the molecule is O=S(=O)(c1ccc(Oc2ncnc3sc4c(c23)CCC4)cc1)N1CCOCC1. The average molecular weight is 418 g/mol. The van der Waals surface area contributed by atoms with E-state index < -0.39 is 10.0 Å². The molecule has 3 aromatic rings. The quantitative estimate of drug-likeness (QED) is 0.649. The zero-order valence-corrected chi connectivity index (χ0v) is 16.8. The lowest BCUT2D eigenvalue weighted by Crippen LogP contribution is -2.40. The van der Waals surface area contributed by atoms with Crippen LogP contribution in [0.2, 0.25) is 0 Å². The summed E-state index contributed by atoms with van der Waals surface area (Å²) in [6.45, 7) is 1.61. The van der Waals surface area contributed by atoms with E-state index in [-0.39, 0.29) is 4.90 Å². The highest BCUT2D eigenvalue weighted by Gasteiger charge is 2.26. The Bertz CT molecular complexity index is 1120. The molecule has 0 radical (unpaired) electrons. The van der Waals surface area contributed by atoms with E-state index in [0.717, 1.165) is 29.5 Å². The van der Waals surface area contributed by atoms with Gasteiger partial charge in [-0.15, -0.1) is 11.3 Å². The van der Waals surface area contributed by atoms with Crippen molar-refractivity contribution in [2.24, 2.45) is 0 Å². The summed E-state index contributed by atoms with van der Waals surface area (Å²) >= 11 is 1.71. The largest absolute Gasteiger partial charge is 0.438 e. The van der Waals surface area contributed by atoms with Crippen LogP contribution in [0.5, 0.6) is 11.6 Å². The fourth-order valence-electron chi connectivity index (χ4n) is 3.70. The van der Waals surface area contributed by atoms with Crippen LogP contribution in [0.4, 0.5) is 0 Å². The molecule has 0 spiro atoms. The number of morpholine rings is 1. The topological polar surface area (TPSA) is 81.6 Å². The molecule has 28 heavy (non-hydrogen) atoms. The van der Waals surface area contributed by atoms with Gasteiger partial charge in [0.15, 0.2) is 0 Å². The van der Waals surface area contributed by atoms with Crippen LogP contribution in [-0.2, 0) is 27.6 Å². The number of sulfonamides is 1. The number of ether oxygens (including phenoxy) is 2. The number of hydrogen-bond donors (Lipinski definition) is 0. The van der Waals surface area contributed by atoms with Crippen LogP contribution in [0.15, 0.2) is 35.5 Å². The van der Waals surface area contributed by atoms with Crippen molar-refractivity contribution in [2.45, 2.75) is 24.2 Å². The van der Waals surface area contributed by atoms with Gasteiger partial charge in [-0.3, -0.25) is 0 Å². The first-order valence-electron chi connectivity index (χ1n) is 9.24. The van der Waals surface area contributed by atoms with Gasteiger partial charge in [-0.1, -0.05) is 0 Å². The predicted octanol–water partition coefficient (Wildman–Crippen LogP) is 2.99. The van der Waals surface area contributed by atoms with Crippen LogP contribution in [0.1, 0.15) is 16.9 Å². The van der Waals surface area contributed by atoms with Gasteiger partial charge >= 0.3 is 0 Å². The molecule has 0 amide bonds. The molecule has 1 saturated heterocycles. The van der Waals surface area contributed by atoms with Gasteiger partial charge in [0.25, 0.3) is 0 Å². The number of benzene rings is 1. The molecular weight excluding hydrogens is 398 g/mol. The molecule has 9 heteroatoms. The Morgan fingerprint density at radius 1 is 1.07 bits per heavy atom. The third-order valence-corrected chi connectivity index (χ3v) is 8.23. The maximum absolute atomic E-state index is 12.7. The van der Waals surface area contributed by atoms with Gasteiger partial charge in [0.05, 0.1) is 23.5 Å². The number of nitrogens with zero attached hydrogens (tertiary/aromatic N) is 3. The Morgan fingerprint density at radius 2 is 1.86 bits per heavy atom. The predicted molar refractivity (Wildman–Crippen MR) is 106 cm³/mol. The van der Waals surface area contributed by atoms with E-state index in [0.29, 0.717) is 37.9 Å². The van der Waals surface area contributed by atoms with Gasteiger partial charge < -0.3 is 9.47 Å². The second-order valence-corrected chi connectivity index (χ2v) is 9.83. The van der Waals surface area contributed by atoms with Crippen molar-refractivity contribution < 1.29 is 17.9 Å². The highest BCUT2D eigenvalue weighted by Crippen LogP contribution is 2.41. The fourth-order valence-corrected chi connectivity index (χ4v) is 6.33. The summed E-state index contributed by atoms with van der Waals surface area (Å²) < 4.78 is 38.2. The van der Waals surface area contributed by atoms with Crippen LogP contribution in [0.25, 0.3) is 10.2 Å². The van der Waals surface area contributed by atoms with E-state index in [4.69, 9.17) is 9.47 Å². The number of aryl methyl sites for hydroxylation is 2. The summed E-state index contributed by atoms with van der Waals surface area (Å²) in [5.74, 6) is 1.09. The lowest BCUT2D eigenvalue weighted by Gasteiger charge is -2.26. The number of fused-ring (bicyclic) bond motifs is 3. The van der Waals surface area contributed by atoms with E-state index in [1.807, 2.05) is 0 Å². The van der Waals surface area contributed by atoms with E-state index in [2.05, 4.69) is 9.97 Å². The summed E-state index contributed by atoms with van der Waals surface area (Å²) in [5.41, 5.74) is 1.29. The van der Waals surface area contributed by atoms with Crippen molar-refractivity contribution in [3.05, 3.63) is 41.0 Å². The maximum Gasteiger partial charge on any atom is 0.243 e. The van der Waals surface area contributed by atoms with Gasteiger partial charge in [0, 0.05) is 18.0 Å². The Kier molecular flexibility index (Phi) is 4.54. The second-order valence-electron chi connectivity index (χ2n) is 6.81. The van der Waals surface area contributed by atoms with Gasteiger partial charge in [0.1, 0.15) is 16.9 Å². The number of aromatic nitrogens is 2. The summed E-state index contributed by atoms with van der Waals surface area (Å²) in [7, 11) is -3.51. The van der Waals surface area contributed by atoms with E-state index in [1.165, 1.54) is 21.1 Å². The molecule has 0 bridgehead atoms. The number of rotatable bonds is 4. The smallest absolute Gasteiger partial charge is 0.243 e. The van der Waals surface area contributed by atoms with Gasteiger partial charge in [0.2, 0.25) is 15.9 Å². The molecule has 3 heterocycles. The second kappa shape index (κ2) is 7.07. The third kappa shape index (κ3) is 3.08. The normalized spacial score (nSPS) is 17.7. The van der Waals surface area contributed by atoms with Gasteiger partial charge in [-0.25, -0.2) is 18.4 Å². The fraction of sp³-hybridized carbons (Fsp3) is 0.368. The van der Waals surface area contributed by atoms with Crippen LogP contribution in [0, 0.1) is 0 Å². The maximum atomic E-state index is 12.7. The summed E-state index contributed by atoms with van der Waals surface area (Å²) in [6.07, 6.45) is 4.78. The highest BCUT2D eigenvalue weighted by atomic mass is 32.2. The van der Waals surface area contributed by atoms with E-state index in [1.54, 1.807) is 35.6 Å². The Labute approximate surface area is 167 Å². The molecule has 0 unspecified atom stereocenters. The zero-order chi connectivity index (χ0) is 19.1. The standard InChI is InChI=1S/C19H19N3O4S2/c23-28(24,22-8-10-25-11-9-22)14-6-4-13(5-7-14)26-18-17-15-2-1-3-16(15)27-19(17)21-12-20-18/h4-7,12H,1-3,8-11H2. The first-order valence-corrected chi connectivity index (χ1v) is 11.5. The first-order chi connectivity index (χ1) is 13.6.